The summed E-state index contributed by atoms with van der Waals surface area (Å²) in [7, 11) is 1.59. The molecule has 0 aliphatic carbocycles. The molecule has 2 atom stereocenters. The van der Waals surface area contributed by atoms with Crippen LogP contribution < -0.4 is 16.4 Å². The Balaban J connectivity index is 2.92. The number of benzene rings is 1. The van der Waals surface area contributed by atoms with E-state index in [4.69, 9.17) is 5.73 Å². The van der Waals surface area contributed by atoms with Crippen LogP contribution >= 0.6 is 0 Å². The van der Waals surface area contributed by atoms with Crippen molar-refractivity contribution in [3.05, 3.63) is 23.8 Å². The molecule has 1 rings (SSSR count). The van der Waals surface area contributed by atoms with Crippen LogP contribution in [0.3, 0.4) is 0 Å². The minimum Gasteiger partial charge on any atom is -0.399 e. The summed E-state index contributed by atoms with van der Waals surface area (Å²) in [5.41, 5.74) is 7.55. The Morgan fingerprint density at radius 1 is 1.44 bits per heavy atom. The zero-order valence-electron chi connectivity index (χ0n) is 11.0. The summed E-state index contributed by atoms with van der Waals surface area (Å²) < 4.78 is 0. The van der Waals surface area contributed by atoms with Crippen molar-refractivity contribution < 1.29 is 9.90 Å². The highest BCUT2D eigenvalue weighted by atomic mass is 16.3. The maximum atomic E-state index is 11.7. The lowest BCUT2D eigenvalue weighted by Gasteiger charge is -2.19. The quantitative estimate of drug-likeness (QED) is 0.592. The number of hydrogen-bond donors (Lipinski definition) is 4. The Morgan fingerprint density at radius 2 is 2.11 bits per heavy atom. The molecule has 0 heterocycles. The normalized spacial score (nSPS) is 13.8. The van der Waals surface area contributed by atoms with E-state index in [-0.39, 0.29) is 11.9 Å². The molecule has 5 N–H and O–H groups in total. The largest absolute Gasteiger partial charge is 0.399 e. The van der Waals surface area contributed by atoms with E-state index in [1.165, 1.54) is 0 Å². The van der Waals surface area contributed by atoms with Crippen LogP contribution in [0.15, 0.2) is 18.2 Å². The first-order chi connectivity index (χ1) is 8.43. The van der Waals surface area contributed by atoms with Gasteiger partial charge in [0, 0.05) is 24.5 Å². The number of rotatable bonds is 5. The highest BCUT2D eigenvalue weighted by molar-refractivity contribution is 6.00. The summed E-state index contributed by atoms with van der Waals surface area (Å²) in [4.78, 5) is 11.7. The van der Waals surface area contributed by atoms with Gasteiger partial charge in [0.2, 0.25) is 0 Å². The number of hydrogen-bond acceptors (Lipinski definition) is 4. The second kappa shape index (κ2) is 6.26. The van der Waals surface area contributed by atoms with Crippen LogP contribution in [0.4, 0.5) is 11.4 Å². The first-order valence-corrected chi connectivity index (χ1v) is 6.00. The lowest BCUT2D eigenvalue weighted by molar-refractivity contribution is 0.0964. The first kappa shape index (κ1) is 14.3. The van der Waals surface area contributed by atoms with E-state index in [1.54, 1.807) is 32.2 Å². The number of carbonyl (C=O) groups is 1. The highest BCUT2D eigenvalue weighted by Crippen LogP contribution is 2.21. The van der Waals surface area contributed by atoms with E-state index in [1.807, 2.05) is 6.92 Å². The maximum absolute atomic E-state index is 11.7. The molecule has 0 bridgehead atoms. The number of nitrogen functional groups attached to an aromatic ring is 1. The van der Waals surface area contributed by atoms with Crippen LogP contribution in [0.5, 0.6) is 0 Å². The van der Waals surface area contributed by atoms with Crippen LogP contribution in [0, 0.1) is 0 Å². The van der Waals surface area contributed by atoms with E-state index < -0.39 is 6.10 Å². The van der Waals surface area contributed by atoms with E-state index in [9.17, 15) is 9.90 Å². The SMILES string of the molecule is CNC(=O)c1ccc(N)cc1NC(C)CC(C)O. The minimum atomic E-state index is -0.392. The topological polar surface area (TPSA) is 87.4 Å². The van der Waals surface area contributed by atoms with Gasteiger partial charge in [0.15, 0.2) is 0 Å². The lowest BCUT2D eigenvalue weighted by atomic mass is 10.1. The second-order valence-electron chi connectivity index (χ2n) is 4.51. The molecule has 18 heavy (non-hydrogen) atoms. The zero-order chi connectivity index (χ0) is 13.7. The summed E-state index contributed by atoms with van der Waals surface area (Å²) in [5.74, 6) is -0.165. The third-order valence-electron chi connectivity index (χ3n) is 2.61. The summed E-state index contributed by atoms with van der Waals surface area (Å²) in [6.07, 6.45) is 0.208. The molecule has 2 unspecified atom stereocenters. The molecule has 0 spiro atoms. The molecular formula is C13H21N3O2. The fourth-order valence-electron chi connectivity index (χ4n) is 1.85. The van der Waals surface area contributed by atoms with Crippen molar-refractivity contribution in [2.24, 2.45) is 0 Å². The Kier molecular flexibility index (Phi) is 4.97. The molecule has 1 amide bonds. The van der Waals surface area contributed by atoms with Gasteiger partial charge in [-0.05, 0) is 38.5 Å². The molecule has 5 heteroatoms. The molecule has 0 fully saturated rings. The van der Waals surface area contributed by atoms with E-state index >= 15 is 0 Å². The number of nitrogens with one attached hydrogen (secondary N) is 2. The Labute approximate surface area is 107 Å². The van der Waals surface area contributed by atoms with Gasteiger partial charge in [-0.2, -0.15) is 0 Å². The van der Waals surface area contributed by atoms with E-state index in [2.05, 4.69) is 10.6 Å². The van der Waals surface area contributed by atoms with Gasteiger partial charge in [-0.15, -0.1) is 0 Å². The highest BCUT2D eigenvalue weighted by Gasteiger charge is 2.13. The number of aliphatic hydroxyl groups excluding tert-OH is 1. The van der Waals surface area contributed by atoms with Gasteiger partial charge in [0.1, 0.15) is 0 Å². The molecule has 1 aromatic carbocycles. The lowest BCUT2D eigenvalue weighted by Crippen LogP contribution is -2.24. The van der Waals surface area contributed by atoms with Crippen LogP contribution in [0.1, 0.15) is 30.6 Å². The maximum Gasteiger partial charge on any atom is 0.253 e. The van der Waals surface area contributed by atoms with Gasteiger partial charge >= 0.3 is 0 Å². The molecule has 5 nitrogen and oxygen atoms in total. The molecule has 0 aliphatic heterocycles. The number of carbonyl (C=O) groups excluding carboxylic acids is 1. The zero-order valence-corrected chi connectivity index (χ0v) is 11.0. The van der Waals surface area contributed by atoms with Crippen molar-refractivity contribution in [3.63, 3.8) is 0 Å². The van der Waals surface area contributed by atoms with Gasteiger partial charge in [0.25, 0.3) is 5.91 Å². The smallest absolute Gasteiger partial charge is 0.253 e. The van der Waals surface area contributed by atoms with Crippen molar-refractivity contribution in [1.82, 2.24) is 5.32 Å². The average Bonchev–Trinajstić information content (AvgIpc) is 2.27. The van der Waals surface area contributed by atoms with Crippen LogP contribution in [0.2, 0.25) is 0 Å². The van der Waals surface area contributed by atoms with Gasteiger partial charge in [-0.1, -0.05) is 0 Å². The van der Waals surface area contributed by atoms with Crippen molar-refractivity contribution in [1.29, 1.82) is 0 Å². The van der Waals surface area contributed by atoms with Crippen LogP contribution in [-0.2, 0) is 0 Å². The van der Waals surface area contributed by atoms with E-state index in [0.717, 1.165) is 0 Å². The predicted octanol–water partition coefficient (Wildman–Crippen LogP) is 1.20. The summed E-state index contributed by atoms with van der Waals surface area (Å²) in [6.45, 7) is 3.68. The molecule has 100 valence electrons. The summed E-state index contributed by atoms with van der Waals surface area (Å²) in [6, 6.07) is 5.15. The molecule has 0 radical (unpaired) electrons. The fraction of sp³-hybridized carbons (Fsp3) is 0.462. The van der Waals surface area contributed by atoms with Gasteiger partial charge in [0.05, 0.1) is 11.7 Å². The Hall–Kier alpha value is -1.75. The van der Waals surface area contributed by atoms with Crippen LogP contribution in [-0.4, -0.2) is 30.2 Å². The van der Waals surface area contributed by atoms with Gasteiger partial charge < -0.3 is 21.5 Å². The molecule has 0 saturated heterocycles. The summed E-state index contributed by atoms with van der Waals surface area (Å²) >= 11 is 0. The molecular weight excluding hydrogens is 230 g/mol. The Morgan fingerprint density at radius 3 is 2.67 bits per heavy atom. The molecule has 0 saturated carbocycles. The van der Waals surface area contributed by atoms with Crippen molar-refractivity contribution >= 4 is 17.3 Å². The van der Waals surface area contributed by atoms with Crippen molar-refractivity contribution in [2.75, 3.05) is 18.1 Å². The molecule has 0 aromatic heterocycles. The van der Waals surface area contributed by atoms with E-state index in [0.29, 0.717) is 23.4 Å². The summed E-state index contributed by atoms with van der Waals surface area (Å²) in [5, 5.41) is 15.1. The minimum absolute atomic E-state index is 0.0511. The third-order valence-corrected chi connectivity index (χ3v) is 2.61. The first-order valence-electron chi connectivity index (χ1n) is 6.00. The molecule has 1 aromatic rings. The molecule has 0 aliphatic rings. The number of anilines is 2. The van der Waals surface area contributed by atoms with Crippen molar-refractivity contribution in [3.8, 4) is 0 Å². The van der Waals surface area contributed by atoms with Crippen LogP contribution in [0.25, 0.3) is 0 Å². The van der Waals surface area contributed by atoms with Gasteiger partial charge in [-0.3, -0.25) is 4.79 Å². The number of aliphatic hydroxyl groups is 1. The predicted molar refractivity (Wildman–Crippen MR) is 73.6 cm³/mol. The number of amides is 1. The van der Waals surface area contributed by atoms with Gasteiger partial charge in [-0.25, -0.2) is 0 Å². The number of nitrogens with two attached hydrogens (primary N) is 1. The van der Waals surface area contributed by atoms with Crippen molar-refractivity contribution in [2.45, 2.75) is 32.4 Å². The third kappa shape index (κ3) is 3.92. The second-order valence-corrected chi connectivity index (χ2v) is 4.51. The standard InChI is InChI=1S/C13H21N3O2/c1-8(6-9(2)17)16-12-7-10(14)4-5-11(12)13(18)15-3/h4-5,7-9,16-17H,6,14H2,1-3H3,(H,15,18). The average molecular weight is 251 g/mol. The monoisotopic (exact) mass is 251 g/mol. The fourth-order valence-corrected chi connectivity index (χ4v) is 1.85. The Bertz CT molecular complexity index is 419.